The van der Waals surface area contributed by atoms with Crippen LogP contribution < -0.4 is 19.1 Å². The molecule has 39 heavy (non-hydrogen) atoms. The third kappa shape index (κ3) is 4.92. The molecule has 1 fully saturated rings. The Morgan fingerprint density at radius 3 is 2.33 bits per heavy atom. The largest absolute Gasteiger partial charge is 0.507 e. The van der Waals surface area contributed by atoms with E-state index in [-0.39, 0.29) is 21.3 Å². The Labute approximate surface area is 229 Å². The summed E-state index contributed by atoms with van der Waals surface area (Å²) in [6.45, 7) is 5.65. The first kappa shape index (κ1) is 27.6. The molecule has 4 rings (SSSR count). The number of ketones is 1. The van der Waals surface area contributed by atoms with Crippen molar-refractivity contribution in [1.82, 2.24) is 4.98 Å². The molecule has 2 heterocycles. The molecule has 0 bridgehead atoms. The van der Waals surface area contributed by atoms with Crippen molar-refractivity contribution in [2.45, 2.75) is 26.8 Å². The molecule has 1 aliphatic rings. The molecule has 0 unspecified atom stereocenters. The van der Waals surface area contributed by atoms with E-state index < -0.39 is 23.7 Å². The minimum atomic E-state index is -1.08. The topological polar surface area (TPSA) is 124 Å². The van der Waals surface area contributed by atoms with E-state index >= 15 is 0 Å². The van der Waals surface area contributed by atoms with Crippen LogP contribution in [0.1, 0.15) is 45.0 Å². The number of benzene rings is 2. The number of amides is 1. The third-order valence-electron chi connectivity index (χ3n) is 6.28. The Morgan fingerprint density at radius 1 is 1.03 bits per heavy atom. The first-order chi connectivity index (χ1) is 18.7. The molecule has 2 aromatic carbocycles. The number of rotatable bonds is 8. The summed E-state index contributed by atoms with van der Waals surface area (Å²) in [6.07, 6.45) is 0. The quantitative estimate of drug-likeness (QED) is 0.185. The van der Waals surface area contributed by atoms with Gasteiger partial charge in [-0.2, -0.15) is 0 Å². The maximum Gasteiger partial charge on any atom is 0.350 e. The Bertz CT molecular complexity index is 1490. The van der Waals surface area contributed by atoms with Crippen LogP contribution in [0.5, 0.6) is 17.2 Å². The highest BCUT2D eigenvalue weighted by atomic mass is 32.1. The summed E-state index contributed by atoms with van der Waals surface area (Å²) in [5, 5.41) is 11.5. The minimum absolute atomic E-state index is 0.109. The number of methoxy groups -OCH3 is 3. The van der Waals surface area contributed by atoms with Gasteiger partial charge in [-0.1, -0.05) is 17.4 Å². The zero-order chi connectivity index (χ0) is 28.4. The molecule has 1 N–H and O–H groups in total. The number of hydrogen-bond acceptors (Lipinski definition) is 10. The number of aliphatic hydroxyl groups is 1. The molecular weight excluding hydrogens is 524 g/mol. The van der Waals surface area contributed by atoms with E-state index in [9.17, 15) is 19.5 Å². The zero-order valence-electron chi connectivity index (χ0n) is 22.4. The second kappa shape index (κ2) is 11.2. The molecule has 10 nitrogen and oxygen atoms in total. The maximum atomic E-state index is 13.5. The standard InChI is InChI=1S/C28H28N2O8S/c1-7-38-19-11-8-16(13-20(19)36-5)22-21(23(31)17-9-10-18(35-4)14(2)12-17)24(32)26(33)30(22)28-29-15(3)25(39-28)27(34)37-6/h8-13,22,31H,7H2,1-6H3/b23-21+/t22-/m1/s1. The van der Waals surface area contributed by atoms with Gasteiger partial charge in [0.25, 0.3) is 5.78 Å². The van der Waals surface area contributed by atoms with Crippen molar-refractivity contribution < 1.29 is 38.4 Å². The van der Waals surface area contributed by atoms with Crippen molar-refractivity contribution in [3.63, 3.8) is 0 Å². The predicted molar refractivity (Wildman–Crippen MR) is 145 cm³/mol. The molecule has 11 heteroatoms. The Hall–Kier alpha value is -4.38. The Kier molecular flexibility index (Phi) is 7.91. The van der Waals surface area contributed by atoms with Gasteiger partial charge in [0.05, 0.1) is 45.2 Å². The summed E-state index contributed by atoms with van der Waals surface area (Å²) in [5.74, 6) is -1.30. The predicted octanol–water partition coefficient (Wildman–Crippen LogP) is 4.59. The number of nitrogens with zero attached hydrogens (tertiary/aromatic N) is 2. The third-order valence-corrected chi connectivity index (χ3v) is 7.41. The number of thiazole rings is 1. The van der Waals surface area contributed by atoms with E-state index in [1.54, 1.807) is 50.2 Å². The van der Waals surface area contributed by atoms with Crippen molar-refractivity contribution in [1.29, 1.82) is 0 Å². The van der Waals surface area contributed by atoms with Crippen LogP contribution in [0, 0.1) is 13.8 Å². The lowest BCUT2D eigenvalue weighted by atomic mass is 9.94. The van der Waals surface area contributed by atoms with Gasteiger partial charge in [0.1, 0.15) is 16.4 Å². The summed E-state index contributed by atoms with van der Waals surface area (Å²) in [6, 6.07) is 8.86. The highest BCUT2D eigenvalue weighted by Gasteiger charge is 2.48. The molecule has 0 radical (unpaired) electrons. The molecule has 204 valence electrons. The van der Waals surface area contributed by atoms with Crippen molar-refractivity contribution in [3.8, 4) is 17.2 Å². The Morgan fingerprint density at radius 2 is 1.72 bits per heavy atom. The first-order valence-electron chi connectivity index (χ1n) is 12.0. The molecule has 0 saturated carbocycles. The summed E-state index contributed by atoms with van der Waals surface area (Å²) in [7, 11) is 4.26. The fourth-order valence-corrected chi connectivity index (χ4v) is 5.43. The monoisotopic (exact) mass is 552 g/mol. The maximum absolute atomic E-state index is 13.5. The molecule has 1 amide bonds. The van der Waals surface area contributed by atoms with Crippen LogP contribution in [-0.2, 0) is 14.3 Å². The zero-order valence-corrected chi connectivity index (χ0v) is 23.2. The van der Waals surface area contributed by atoms with Gasteiger partial charge in [-0.3, -0.25) is 14.5 Å². The second-order valence-electron chi connectivity index (χ2n) is 8.60. The van der Waals surface area contributed by atoms with Crippen LogP contribution >= 0.6 is 11.3 Å². The number of anilines is 1. The van der Waals surface area contributed by atoms with Gasteiger partial charge < -0.3 is 24.1 Å². The lowest BCUT2D eigenvalue weighted by Gasteiger charge is -2.24. The van der Waals surface area contributed by atoms with Gasteiger partial charge in [-0.25, -0.2) is 9.78 Å². The van der Waals surface area contributed by atoms with Crippen molar-refractivity contribution >= 4 is 39.9 Å². The van der Waals surface area contributed by atoms with Crippen molar-refractivity contribution in [2.75, 3.05) is 32.8 Å². The number of carbonyl (C=O) groups is 3. The number of carbonyl (C=O) groups excluding carboxylic acids is 3. The second-order valence-corrected chi connectivity index (χ2v) is 9.58. The summed E-state index contributed by atoms with van der Waals surface area (Å²) < 4.78 is 21.3. The van der Waals surface area contributed by atoms with Crippen LogP contribution in [-0.4, -0.2) is 55.7 Å². The summed E-state index contributed by atoms with van der Waals surface area (Å²) in [4.78, 5) is 45.1. The molecule has 3 aromatic rings. The lowest BCUT2D eigenvalue weighted by Crippen LogP contribution is -2.29. The van der Waals surface area contributed by atoms with Gasteiger partial charge >= 0.3 is 11.9 Å². The van der Waals surface area contributed by atoms with Crippen LogP contribution in [0.2, 0.25) is 0 Å². The fraction of sp³-hybridized carbons (Fsp3) is 0.286. The fourth-order valence-electron chi connectivity index (χ4n) is 4.42. The summed E-state index contributed by atoms with van der Waals surface area (Å²) in [5.41, 5.74) is 1.74. The number of aliphatic hydroxyl groups excluding tert-OH is 1. The van der Waals surface area contributed by atoms with E-state index in [4.69, 9.17) is 18.9 Å². The summed E-state index contributed by atoms with van der Waals surface area (Å²) >= 11 is 0.922. The molecule has 1 aromatic heterocycles. The Balaban J connectivity index is 1.96. The molecule has 0 aliphatic carbocycles. The number of aromatic nitrogens is 1. The first-order valence-corrected chi connectivity index (χ1v) is 12.8. The van der Waals surface area contributed by atoms with Gasteiger partial charge in [0, 0.05) is 5.56 Å². The molecule has 1 saturated heterocycles. The number of ether oxygens (including phenoxy) is 4. The number of aryl methyl sites for hydroxylation is 2. The van der Waals surface area contributed by atoms with E-state index in [0.29, 0.717) is 40.7 Å². The highest BCUT2D eigenvalue weighted by molar-refractivity contribution is 7.17. The molecule has 1 aliphatic heterocycles. The van der Waals surface area contributed by atoms with Crippen LogP contribution in [0.15, 0.2) is 42.0 Å². The van der Waals surface area contributed by atoms with Gasteiger partial charge in [0.15, 0.2) is 16.6 Å². The average Bonchev–Trinajstić information content (AvgIpc) is 3.44. The lowest BCUT2D eigenvalue weighted by molar-refractivity contribution is -0.132. The average molecular weight is 553 g/mol. The van der Waals surface area contributed by atoms with Gasteiger partial charge in [-0.05, 0) is 62.2 Å². The van der Waals surface area contributed by atoms with E-state index in [0.717, 1.165) is 16.9 Å². The van der Waals surface area contributed by atoms with Gasteiger partial charge in [0.2, 0.25) is 0 Å². The molecular formula is C28H28N2O8S. The normalized spacial score (nSPS) is 16.4. The van der Waals surface area contributed by atoms with E-state index in [2.05, 4.69) is 4.98 Å². The number of esters is 1. The highest BCUT2D eigenvalue weighted by Crippen LogP contribution is 2.45. The van der Waals surface area contributed by atoms with Crippen molar-refractivity contribution in [2.24, 2.45) is 0 Å². The van der Waals surface area contributed by atoms with Gasteiger partial charge in [-0.15, -0.1) is 0 Å². The molecule has 1 atom stereocenters. The SMILES string of the molecule is CCOc1ccc([C@@H]2/C(=C(\O)c3ccc(OC)c(C)c3)C(=O)C(=O)N2c2nc(C)c(C(=O)OC)s2)cc1OC. The van der Waals surface area contributed by atoms with Crippen LogP contribution in [0.25, 0.3) is 5.76 Å². The van der Waals surface area contributed by atoms with E-state index in [1.165, 1.54) is 26.2 Å². The minimum Gasteiger partial charge on any atom is -0.507 e. The number of Topliss-reactive ketones (excluding diaryl/α,β-unsaturated/α-hetero) is 1. The smallest absolute Gasteiger partial charge is 0.350 e. The van der Waals surface area contributed by atoms with Crippen molar-refractivity contribution in [3.05, 3.63) is 69.2 Å². The van der Waals surface area contributed by atoms with Crippen LogP contribution in [0.4, 0.5) is 5.13 Å². The van der Waals surface area contributed by atoms with E-state index in [1.807, 2.05) is 6.92 Å². The van der Waals surface area contributed by atoms with Crippen LogP contribution in [0.3, 0.4) is 0 Å². The number of hydrogen-bond donors (Lipinski definition) is 1. The molecule has 0 spiro atoms.